The SMILES string of the molecule is CC(C)c1cccc(C(C)C)c1NC(=O)c1ccnc(Nc2ccc(C#N)cc2)n1. The van der Waals surface area contributed by atoms with E-state index < -0.39 is 0 Å². The summed E-state index contributed by atoms with van der Waals surface area (Å²) in [6, 6.07) is 16.7. The second-order valence-electron chi connectivity index (χ2n) is 7.65. The fourth-order valence-electron chi connectivity index (χ4n) is 3.18. The molecule has 2 N–H and O–H groups in total. The van der Waals surface area contributed by atoms with Crippen molar-refractivity contribution < 1.29 is 4.79 Å². The molecule has 0 saturated carbocycles. The molecule has 6 heteroatoms. The van der Waals surface area contributed by atoms with Crippen molar-refractivity contribution in [3.05, 3.63) is 77.1 Å². The maximum Gasteiger partial charge on any atom is 0.274 e. The van der Waals surface area contributed by atoms with Gasteiger partial charge >= 0.3 is 0 Å². The molecule has 0 aliphatic carbocycles. The zero-order valence-corrected chi connectivity index (χ0v) is 17.6. The van der Waals surface area contributed by atoms with Crippen molar-refractivity contribution in [1.29, 1.82) is 5.26 Å². The van der Waals surface area contributed by atoms with Gasteiger partial charge < -0.3 is 10.6 Å². The average molecular weight is 399 g/mol. The lowest BCUT2D eigenvalue weighted by atomic mass is 9.92. The first-order valence-electron chi connectivity index (χ1n) is 9.93. The summed E-state index contributed by atoms with van der Waals surface area (Å²) in [5.74, 6) is 0.583. The highest BCUT2D eigenvalue weighted by atomic mass is 16.1. The van der Waals surface area contributed by atoms with E-state index in [1.807, 2.05) is 18.2 Å². The molecule has 1 heterocycles. The lowest BCUT2D eigenvalue weighted by Crippen LogP contribution is -2.18. The molecule has 1 aromatic heterocycles. The average Bonchev–Trinajstić information content (AvgIpc) is 2.74. The molecule has 0 radical (unpaired) electrons. The first-order chi connectivity index (χ1) is 14.4. The van der Waals surface area contributed by atoms with E-state index in [1.165, 1.54) is 0 Å². The quantitative estimate of drug-likeness (QED) is 0.564. The molecular formula is C24H25N5O. The van der Waals surface area contributed by atoms with E-state index in [1.54, 1.807) is 36.5 Å². The number of hydrogen-bond donors (Lipinski definition) is 2. The first-order valence-corrected chi connectivity index (χ1v) is 9.93. The Morgan fingerprint density at radius 2 is 1.60 bits per heavy atom. The number of aromatic nitrogens is 2. The number of carbonyl (C=O) groups excluding carboxylic acids is 1. The van der Waals surface area contributed by atoms with Gasteiger partial charge in [-0.1, -0.05) is 45.9 Å². The van der Waals surface area contributed by atoms with Gasteiger partial charge in [-0.05, 0) is 53.3 Å². The summed E-state index contributed by atoms with van der Waals surface area (Å²) >= 11 is 0. The number of rotatable bonds is 6. The van der Waals surface area contributed by atoms with Crippen LogP contribution in [0.25, 0.3) is 0 Å². The van der Waals surface area contributed by atoms with Gasteiger partial charge in [0.05, 0.1) is 11.6 Å². The van der Waals surface area contributed by atoms with E-state index in [4.69, 9.17) is 5.26 Å². The molecule has 0 atom stereocenters. The number of carbonyl (C=O) groups is 1. The molecule has 152 valence electrons. The predicted octanol–water partition coefficient (Wildman–Crippen LogP) is 5.59. The molecule has 0 fully saturated rings. The Kier molecular flexibility index (Phi) is 6.43. The highest BCUT2D eigenvalue weighted by Crippen LogP contribution is 2.32. The lowest BCUT2D eigenvalue weighted by molar-refractivity contribution is 0.102. The van der Waals surface area contributed by atoms with E-state index in [9.17, 15) is 4.79 Å². The van der Waals surface area contributed by atoms with Crippen molar-refractivity contribution in [3.8, 4) is 6.07 Å². The summed E-state index contributed by atoms with van der Waals surface area (Å²) in [6.45, 7) is 8.44. The Balaban J connectivity index is 1.85. The highest BCUT2D eigenvalue weighted by molar-refractivity contribution is 6.04. The summed E-state index contributed by atoms with van der Waals surface area (Å²) in [6.07, 6.45) is 1.55. The molecule has 0 spiro atoms. The van der Waals surface area contributed by atoms with Crippen LogP contribution in [0, 0.1) is 11.3 Å². The van der Waals surface area contributed by atoms with Gasteiger partial charge in [0.1, 0.15) is 5.69 Å². The van der Waals surface area contributed by atoms with Gasteiger partial charge in [0.25, 0.3) is 5.91 Å². The Morgan fingerprint density at radius 1 is 0.967 bits per heavy atom. The first kappa shape index (κ1) is 21.0. The standard InChI is InChI=1S/C24H25N5O/c1-15(2)19-6-5-7-20(16(3)4)22(19)29-23(30)21-12-13-26-24(28-21)27-18-10-8-17(14-25)9-11-18/h5-13,15-16H,1-4H3,(H,29,30)(H,26,27,28). The van der Waals surface area contributed by atoms with Gasteiger partial charge in [0.2, 0.25) is 5.95 Å². The van der Waals surface area contributed by atoms with Crippen molar-refractivity contribution in [2.24, 2.45) is 0 Å². The second-order valence-corrected chi connectivity index (χ2v) is 7.65. The summed E-state index contributed by atoms with van der Waals surface area (Å²) in [7, 11) is 0. The van der Waals surface area contributed by atoms with Crippen molar-refractivity contribution in [1.82, 2.24) is 9.97 Å². The van der Waals surface area contributed by atoms with Gasteiger partial charge in [-0.2, -0.15) is 5.26 Å². The van der Waals surface area contributed by atoms with Crippen molar-refractivity contribution in [2.75, 3.05) is 10.6 Å². The van der Waals surface area contributed by atoms with Gasteiger partial charge in [0.15, 0.2) is 0 Å². The van der Waals surface area contributed by atoms with Crippen LogP contribution in [0.1, 0.15) is 66.7 Å². The third-order valence-corrected chi connectivity index (χ3v) is 4.77. The van der Waals surface area contributed by atoms with Gasteiger partial charge in [-0.3, -0.25) is 4.79 Å². The summed E-state index contributed by atoms with van der Waals surface area (Å²) in [5, 5.41) is 15.0. The highest BCUT2D eigenvalue weighted by Gasteiger charge is 2.18. The van der Waals surface area contributed by atoms with Crippen LogP contribution in [-0.4, -0.2) is 15.9 Å². The third-order valence-electron chi connectivity index (χ3n) is 4.77. The molecule has 30 heavy (non-hydrogen) atoms. The summed E-state index contributed by atoms with van der Waals surface area (Å²) < 4.78 is 0. The number of hydrogen-bond acceptors (Lipinski definition) is 5. The van der Waals surface area contributed by atoms with Crippen LogP contribution < -0.4 is 10.6 Å². The van der Waals surface area contributed by atoms with Crippen molar-refractivity contribution >= 4 is 23.2 Å². The van der Waals surface area contributed by atoms with Crippen LogP contribution in [0.5, 0.6) is 0 Å². The Bertz CT molecular complexity index is 1060. The molecule has 0 aliphatic rings. The minimum atomic E-state index is -0.282. The number of nitrogens with zero attached hydrogens (tertiary/aromatic N) is 3. The van der Waals surface area contributed by atoms with Crippen LogP contribution in [0.3, 0.4) is 0 Å². The number of para-hydroxylation sites is 1. The Labute approximate surface area is 177 Å². The van der Waals surface area contributed by atoms with Crippen LogP contribution in [-0.2, 0) is 0 Å². The predicted molar refractivity (Wildman–Crippen MR) is 119 cm³/mol. The van der Waals surface area contributed by atoms with E-state index in [0.29, 0.717) is 11.5 Å². The molecule has 2 aromatic carbocycles. The summed E-state index contributed by atoms with van der Waals surface area (Å²) in [5.41, 5.74) is 4.62. The zero-order valence-electron chi connectivity index (χ0n) is 17.6. The molecule has 1 amide bonds. The zero-order chi connectivity index (χ0) is 21.7. The third kappa shape index (κ3) is 4.81. The minimum Gasteiger partial charge on any atom is -0.324 e. The topological polar surface area (TPSA) is 90.7 Å². The van der Waals surface area contributed by atoms with E-state index in [0.717, 1.165) is 22.5 Å². The molecule has 0 unspecified atom stereocenters. The minimum absolute atomic E-state index is 0.273. The van der Waals surface area contributed by atoms with Crippen LogP contribution >= 0.6 is 0 Å². The molecular weight excluding hydrogens is 374 g/mol. The molecule has 3 rings (SSSR count). The normalized spacial score (nSPS) is 10.7. The fourth-order valence-corrected chi connectivity index (χ4v) is 3.18. The number of anilines is 3. The largest absolute Gasteiger partial charge is 0.324 e. The maximum absolute atomic E-state index is 13.0. The van der Waals surface area contributed by atoms with Crippen LogP contribution in [0.4, 0.5) is 17.3 Å². The van der Waals surface area contributed by atoms with E-state index in [2.05, 4.69) is 54.4 Å². The number of nitriles is 1. The van der Waals surface area contributed by atoms with Crippen LogP contribution in [0.2, 0.25) is 0 Å². The fraction of sp³-hybridized carbons (Fsp3) is 0.250. The summed E-state index contributed by atoms with van der Waals surface area (Å²) in [4.78, 5) is 21.5. The maximum atomic E-state index is 13.0. The van der Waals surface area contributed by atoms with Gasteiger partial charge in [-0.25, -0.2) is 9.97 Å². The van der Waals surface area contributed by atoms with E-state index >= 15 is 0 Å². The second kappa shape index (κ2) is 9.19. The molecule has 3 aromatic rings. The van der Waals surface area contributed by atoms with Gasteiger partial charge in [-0.15, -0.1) is 0 Å². The van der Waals surface area contributed by atoms with Crippen LogP contribution in [0.15, 0.2) is 54.7 Å². The molecule has 0 bridgehead atoms. The monoisotopic (exact) mass is 399 g/mol. The lowest BCUT2D eigenvalue weighted by Gasteiger charge is -2.20. The number of benzene rings is 2. The van der Waals surface area contributed by atoms with E-state index in [-0.39, 0.29) is 23.4 Å². The molecule has 0 aliphatic heterocycles. The van der Waals surface area contributed by atoms with Crippen molar-refractivity contribution in [3.63, 3.8) is 0 Å². The molecule has 6 nitrogen and oxygen atoms in total. The molecule has 0 saturated heterocycles. The smallest absolute Gasteiger partial charge is 0.274 e. The Hall–Kier alpha value is -3.72. The van der Waals surface area contributed by atoms with Gasteiger partial charge in [0, 0.05) is 17.6 Å². The van der Waals surface area contributed by atoms with Crippen molar-refractivity contribution in [2.45, 2.75) is 39.5 Å². The number of amides is 1. The number of nitrogens with one attached hydrogen (secondary N) is 2. The Morgan fingerprint density at radius 3 is 2.17 bits per heavy atom.